The largest absolute Gasteiger partial charge is 0.379 e. The number of aryl methyl sites for hydroxylation is 1. The minimum atomic E-state index is 0.0729. The average molecular weight is 408 g/mol. The summed E-state index contributed by atoms with van der Waals surface area (Å²) in [6.07, 6.45) is 12.3. The maximum absolute atomic E-state index is 12.5. The van der Waals surface area contributed by atoms with E-state index < -0.39 is 0 Å². The molecule has 0 N–H and O–H groups in total. The zero-order chi connectivity index (χ0) is 20.6. The Hall–Kier alpha value is -1.54. The minimum Gasteiger partial charge on any atom is -0.379 e. The molecule has 1 amide bonds. The van der Waals surface area contributed by atoms with Crippen LogP contribution in [0.5, 0.6) is 0 Å². The molecule has 0 saturated heterocycles. The average Bonchev–Trinajstić information content (AvgIpc) is 3.24. The number of rotatable bonds is 9. The zero-order valence-electron chi connectivity index (χ0n) is 18.3. The number of hydrogen-bond donors (Lipinski definition) is 0. The van der Waals surface area contributed by atoms with Crippen LogP contribution in [0.25, 0.3) is 0 Å². The van der Waals surface area contributed by atoms with Crippen molar-refractivity contribution in [2.24, 2.45) is 0 Å². The molecule has 1 heterocycles. The topological polar surface area (TPSA) is 82.4 Å². The Labute approximate surface area is 174 Å². The predicted molar refractivity (Wildman–Crippen MR) is 109 cm³/mol. The van der Waals surface area contributed by atoms with E-state index in [0.29, 0.717) is 12.5 Å². The van der Waals surface area contributed by atoms with Gasteiger partial charge in [0.15, 0.2) is 5.82 Å². The van der Waals surface area contributed by atoms with Gasteiger partial charge in [0, 0.05) is 40.2 Å². The van der Waals surface area contributed by atoms with Crippen LogP contribution in [0.3, 0.4) is 0 Å². The number of carbonyl (C=O) groups is 1. The van der Waals surface area contributed by atoms with Gasteiger partial charge < -0.3 is 14.4 Å². The van der Waals surface area contributed by atoms with E-state index in [0.717, 1.165) is 57.2 Å². The van der Waals surface area contributed by atoms with E-state index in [-0.39, 0.29) is 24.2 Å². The van der Waals surface area contributed by atoms with Crippen LogP contribution >= 0.6 is 0 Å². The van der Waals surface area contributed by atoms with Crippen LogP contribution < -0.4 is 0 Å². The molecule has 0 spiro atoms. The van der Waals surface area contributed by atoms with Crippen molar-refractivity contribution < 1.29 is 14.3 Å². The number of nitrogens with zero attached hydrogens (tertiary/aromatic N) is 5. The van der Waals surface area contributed by atoms with Crippen LogP contribution in [0, 0.1) is 0 Å². The molecule has 0 radical (unpaired) electrons. The number of amides is 1. The Morgan fingerprint density at radius 3 is 2.55 bits per heavy atom. The SMILES string of the molecule is COC1CCC(n2nnnc2CCCCC(=O)N(C)C2CCCCC2)CC1OC. The van der Waals surface area contributed by atoms with Gasteiger partial charge in [-0.25, -0.2) is 4.68 Å². The quantitative estimate of drug-likeness (QED) is 0.586. The van der Waals surface area contributed by atoms with Gasteiger partial charge in [0.1, 0.15) is 0 Å². The molecule has 164 valence electrons. The maximum Gasteiger partial charge on any atom is 0.222 e. The van der Waals surface area contributed by atoms with E-state index in [1.807, 2.05) is 16.6 Å². The Bertz CT molecular complexity index is 632. The Morgan fingerprint density at radius 1 is 1.07 bits per heavy atom. The van der Waals surface area contributed by atoms with E-state index in [1.54, 1.807) is 14.2 Å². The van der Waals surface area contributed by atoms with Gasteiger partial charge >= 0.3 is 0 Å². The zero-order valence-corrected chi connectivity index (χ0v) is 18.3. The van der Waals surface area contributed by atoms with Gasteiger partial charge in [-0.2, -0.15) is 0 Å². The molecular formula is C21H37N5O3. The fourth-order valence-corrected chi connectivity index (χ4v) is 4.89. The van der Waals surface area contributed by atoms with Crippen LogP contribution in [-0.4, -0.2) is 70.5 Å². The van der Waals surface area contributed by atoms with Gasteiger partial charge in [-0.1, -0.05) is 19.3 Å². The van der Waals surface area contributed by atoms with Crippen molar-refractivity contribution in [2.75, 3.05) is 21.3 Å². The monoisotopic (exact) mass is 407 g/mol. The lowest BCUT2D eigenvalue weighted by Gasteiger charge is -2.34. The lowest BCUT2D eigenvalue weighted by Crippen LogP contribution is -2.38. The number of tetrazole rings is 1. The molecule has 1 aromatic heterocycles. The van der Waals surface area contributed by atoms with Crippen molar-refractivity contribution in [2.45, 2.75) is 101 Å². The van der Waals surface area contributed by atoms with E-state index in [4.69, 9.17) is 9.47 Å². The van der Waals surface area contributed by atoms with E-state index in [2.05, 4.69) is 15.5 Å². The highest BCUT2D eigenvalue weighted by Crippen LogP contribution is 2.31. The molecule has 3 unspecified atom stereocenters. The highest BCUT2D eigenvalue weighted by Gasteiger charge is 2.33. The Kier molecular flexibility index (Phi) is 8.41. The van der Waals surface area contributed by atoms with Crippen molar-refractivity contribution >= 4 is 5.91 Å². The molecule has 0 aromatic carbocycles. The molecule has 1 aromatic rings. The second kappa shape index (κ2) is 11.0. The first-order valence-electron chi connectivity index (χ1n) is 11.2. The lowest BCUT2D eigenvalue weighted by atomic mass is 9.90. The lowest BCUT2D eigenvalue weighted by molar-refractivity contribution is -0.132. The number of aromatic nitrogens is 4. The first kappa shape index (κ1) is 22.2. The first-order chi connectivity index (χ1) is 14.1. The fraction of sp³-hybridized carbons (Fsp3) is 0.905. The minimum absolute atomic E-state index is 0.0729. The normalized spacial score (nSPS) is 25.8. The number of unbranched alkanes of at least 4 members (excludes halogenated alkanes) is 1. The highest BCUT2D eigenvalue weighted by molar-refractivity contribution is 5.76. The highest BCUT2D eigenvalue weighted by atomic mass is 16.5. The smallest absolute Gasteiger partial charge is 0.222 e. The van der Waals surface area contributed by atoms with Gasteiger partial charge in [0.2, 0.25) is 5.91 Å². The molecule has 2 saturated carbocycles. The van der Waals surface area contributed by atoms with Crippen LogP contribution in [0.2, 0.25) is 0 Å². The molecule has 29 heavy (non-hydrogen) atoms. The Morgan fingerprint density at radius 2 is 1.83 bits per heavy atom. The molecule has 3 atom stereocenters. The standard InChI is InChI=1S/C21H37N5O3/c1-25(16-9-5-4-6-10-16)21(27)12-8-7-11-20-22-23-24-26(20)17-13-14-18(28-2)19(15-17)29-3/h16-19H,4-15H2,1-3H3. The third-order valence-electron chi connectivity index (χ3n) is 6.77. The summed E-state index contributed by atoms with van der Waals surface area (Å²) in [4.78, 5) is 14.5. The number of hydrogen-bond acceptors (Lipinski definition) is 6. The molecule has 2 aliphatic rings. The summed E-state index contributed by atoms with van der Waals surface area (Å²) in [6, 6.07) is 0.690. The van der Waals surface area contributed by atoms with E-state index >= 15 is 0 Å². The van der Waals surface area contributed by atoms with Crippen molar-refractivity contribution in [3.63, 3.8) is 0 Å². The summed E-state index contributed by atoms with van der Waals surface area (Å²) in [5.74, 6) is 1.19. The predicted octanol–water partition coefficient (Wildman–Crippen LogP) is 2.93. The number of methoxy groups -OCH3 is 2. The number of carbonyl (C=O) groups excluding carboxylic acids is 1. The van der Waals surface area contributed by atoms with Gasteiger partial charge in [0.05, 0.1) is 18.2 Å². The first-order valence-corrected chi connectivity index (χ1v) is 11.2. The number of ether oxygens (including phenoxy) is 2. The molecule has 8 nitrogen and oxygen atoms in total. The molecular weight excluding hydrogens is 370 g/mol. The second-order valence-electron chi connectivity index (χ2n) is 8.56. The molecule has 8 heteroatoms. The van der Waals surface area contributed by atoms with Gasteiger partial charge in [-0.05, 0) is 55.4 Å². The fourth-order valence-electron chi connectivity index (χ4n) is 4.89. The van der Waals surface area contributed by atoms with Gasteiger partial charge in [-0.3, -0.25) is 4.79 Å². The van der Waals surface area contributed by atoms with Crippen LogP contribution in [0.4, 0.5) is 0 Å². The summed E-state index contributed by atoms with van der Waals surface area (Å²) in [5.41, 5.74) is 0. The van der Waals surface area contributed by atoms with Crippen LogP contribution in [-0.2, 0) is 20.7 Å². The summed E-state index contributed by atoms with van der Waals surface area (Å²) in [5, 5.41) is 12.4. The van der Waals surface area contributed by atoms with Crippen molar-refractivity contribution in [1.82, 2.24) is 25.1 Å². The Balaban J connectivity index is 1.44. The molecule has 0 aliphatic heterocycles. The third kappa shape index (κ3) is 5.75. The van der Waals surface area contributed by atoms with Crippen LogP contribution in [0.15, 0.2) is 0 Å². The van der Waals surface area contributed by atoms with E-state index in [1.165, 1.54) is 19.3 Å². The molecule has 2 fully saturated rings. The molecule has 3 rings (SSSR count). The molecule has 2 aliphatic carbocycles. The van der Waals surface area contributed by atoms with Crippen molar-refractivity contribution in [3.05, 3.63) is 5.82 Å². The molecule has 0 bridgehead atoms. The third-order valence-corrected chi connectivity index (χ3v) is 6.77. The van der Waals surface area contributed by atoms with Crippen molar-refractivity contribution in [3.8, 4) is 0 Å². The summed E-state index contributed by atoms with van der Waals surface area (Å²) >= 11 is 0. The summed E-state index contributed by atoms with van der Waals surface area (Å²) < 4.78 is 13.1. The van der Waals surface area contributed by atoms with Gasteiger partial charge in [-0.15, -0.1) is 5.10 Å². The maximum atomic E-state index is 12.5. The van der Waals surface area contributed by atoms with Gasteiger partial charge in [0.25, 0.3) is 0 Å². The van der Waals surface area contributed by atoms with E-state index in [9.17, 15) is 4.79 Å². The van der Waals surface area contributed by atoms with Crippen LogP contribution in [0.1, 0.15) is 82.5 Å². The second-order valence-corrected chi connectivity index (χ2v) is 8.56. The van der Waals surface area contributed by atoms with Crippen molar-refractivity contribution in [1.29, 1.82) is 0 Å². The summed E-state index contributed by atoms with van der Waals surface area (Å²) in [6.45, 7) is 0. The summed E-state index contributed by atoms with van der Waals surface area (Å²) in [7, 11) is 5.45.